The summed E-state index contributed by atoms with van der Waals surface area (Å²) in [6.07, 6.45) is 0. The molecule has 2 saturated heterocycles. The second-order valence-electron chi connectivity index (χ2n) is 4.28. The van der Waals surface area contributed by atoms with Gasteiger partial charge in [0.05, 0.1) is 5.92 Å². The van der Waals surface area contributed by atoms with Crippen molar-refractivity contribution in [2.24, 2.45) is 11.8 Å². The molecule has 2 aliphatic heterocycles. The van der Waals surface area contributed by atoms with E-state index in [9.17, 15) is 4.79 Å². The normalized spacial score (nSPS) is 26.3. The smallest absolute Gasteiger partial charge is 0.228 e. The topological polar surface area (TPSA) is 52.8 Å². The van der Waals surface area contributed by atoms with Gasteiger partial charge in [-0.15, -0.1) is 0 Å². The van der Waals surface area contributed by atoms with Crippen LogP contribution in [0, 0.1) is 5.92 Å². The van der Waals surface area contributed by atoms with E-state index in [0.29, 0.717) is 5.91 Å². The highest BCUT2D eigenvalue weighted by Crippen LogP contribution is 2.16. The molecule has 14 heavy (non-hydrogen) atoms. The number of rotatable bonds is 1. The Labute approximate surface area is 84.4 Å². The van der Waals surface area contributed by atoms with Gasteiger partial charge in [-0.1, -0.05) is 0 Å². The number of likely N-dealkylation sites (tertiary alicyclic amines) is 1. The van der Waals surface area contributed by atoms with Crippen LogP contribution < -0.4 is 5.84 Å². The minimum atomic E-state index is 0.240. The molecule has 0 spiro atoms. The van der Waals surface area contributed by atoms with E-state index in [1.807, 2.05) is 11.9 Å². The molecule has 1 amide bonds. The Hall–Kier alpha value is -0.650. The number of carbonyl (C=O) groups is 1. The van der Waals surface area contributed by atoms with E-state index in [-0.39, 0.29) is 5.92 Å². The molecular formula is C9H18N4O. The van der Waals surface area contributed by atoms with Crippen LogP contribution in [0.2, 0.25) is 0 Å². The predicted octanol–water partition coefficient (Wildman–Crippen LogP) is -1.43. The largest absolute Gasteiger partial charge is 0.340 e. The number of nitrogens with zero attached hydrogens (tertiary/aromatic N) is 3. The number of hydrazine groups is 1. The van der Waals surface area contributed by atoms with Crippen LogP contribution in [0.1, 0.15) is 0 Å². The number of hydrogen-bond donors (Lipinski definition) is 1. The van der Waals surface area contributed by atoms with Crippen molar-refractivity contribution in [2.75, 3.05) is 46.3 Å². The van der Waals surface area contributed by atoms with E-state index in [1.54, 1.807) is 5.01 Å². The second-order valence-corrected chi connectivity index (χ2v) is 4.28. The maximum atomic E-state index is 11.9. The molecular weight excluding hydrogens is 180 g/mol. The molecule has 2 N–H and O–H groups in total. The summed E-state index contributed by atoms with van der Waals surface area (Å²) in [4.78, 5) is 16.0. The molecule has 80 valence electrons. The molecule has 0 saturated carbocycles. The van der Waals surface area contributed by atoms with Crippen LogP contribution in [-0.4, -0.2) is 67.0 Å². The summed E-state index contributed by atoms with van der Waals surface area (Å²) in [7, 11) is 2.04. The molecule has 2 aliphatic rings. The summed E-state index contributed by atoms with van der Waals surface area (Å²) in [5, 5.41) is 1.77. The highest BCUT2D eigenvalue weighted by atomic mass is 16.2. The van der Waals surface area contributed by atoms with Crippen molar-refractivity contribution in [3.63, 3.8) is 0 Å². The molecule has 2 rings (SSSR count). The third-order valence-corrected chi connectivity index (χ3v) is 3.04. The molecule has 5 heteroatoms. The molecule has 2 fully saturated rings. The molecule has 0 atom stereocenters. The van der Waals surface area contributed by atoms with Crippen LogP contribution in [0.4, 0.5) is 0 Å². The van der Waals surface area contributed by atoms with Gasteiger partial charge in [-0.05, 0) is 7.05 Å². The average Bonchev–Trinajstić information content (AvgIpc) is 2.13. The molecule has 2 heterocycles. The van der Waals surface area contributed by atoms with Crippen LogP contribution in [0.3, 0.4) is 0 Å². The van der Waals surface area contributed by atoms with Gasteiger partial charge in [-0.2, -0.15) is 0 Å². The lowest BCUT2D eigenvalue weighted by Gasteiger charge is -2.40. The summed E-state index contributed by atoms with van der Waals surface area (Å²) >= 11 is 0. The van der Waals surface area contributed by atoms with Gasteiger partial charge in [-0.25, -0.2) is 5.01 Å². The quantitative estimate of drug-likeness (QED) is 0.525. The van der Waals surface area contributed by atoms with Crippen molar-refractivity contribution in [1.29, 1.82) is 0 Å². The zero-order chi connectivity index (χ0) is 10.1. The van der Waals surface area contributed by atoms with Crippen LogP contribution in [0.15, 0.2) is 0 Å². The Morgan fingerprint density at radius 2 is 1.79 bits per heavy atom. The van der Waals surface area contributed by atoms with Gasteiger partial charge in [0, 0.05) is 39.3 Å². The van der Waals surface area contributed by atoms with E-state index in [1.165, 1.54) is 0 Å². The maximum Gasteiger partial charge on any atom is 0.228 e. The number of nitrogens with two attached hydrogens (primary N) is 1. The van der Waals surface area contributed by atoms with Crippen LogP contribution in [-0.2, 0) is 4.79 Å². The highest BCUT2D eigenvalue weighted by molar-refractivity contribution is 5.80. The van der Waals surface area contributed by atoms with Gasteiger partial charge in [0.1, 0.15) is 0 Å². The minimum Gasteiger partial charge on any atom is -0.340 e. The fourth-order valence-corrected chi connectivity index (χ4v) is 2.06. The fraction of sp³-hybridized carbons (Fsp3) is 0.889. The molecule has 0 unspecified atom stereocenters. The first-order valence-electron chi connectivity index (χ1n) is 5.14. The van der Waals surface area contributed by atoms with E-state index >= 15 is 0 Å². The predicted molar refractivity (Wildman–Crippen MR) is 53.3 cm³/mol. The van der Waals surface area contributed by atoms with Crippen molar-refractivity contribution in [1.82, 2.24) is 14.8 Å². The first kappa shape index (κ1) is 9.89. The van der Waals surface area contributed by atoms with E-state index in [4.69, 9.17) is 5.84 Å². The van der Waals surface area contributed by atoms with Crippen molar-refractivity contribution in [3.8, 4) is 0 Å². The minimum absolute atomic E-state index is 0.240. The Bertz CT molecular complexity index is 219. The standard InChI is InChI=1S/C9H18N4O/c1-11-6-8(7-11)9(14)12-2-4-13(10)5-3-12/h8H,2-7,10H2,1H3. The van der Waals surface area contributed by atoms with Crippen molar-refractivity contribution in [3.05, 3.63) is 0 Å². The lowest BCUT2D eigenvalue weighted by Crippen LogP contribution is -2.57. The van der Waals surface area contributed by atoms with Crippen molar-refractivity contribution >= 4 is 5.91 Å². The lowest BCUT2D eigenvalue weighted by molar-refractivity contribution is -0.142. The van der Waals surface area contributed by atoms with Gasteiger partial charge < -0.3 is 9.80 Å². The Morgan fingerprint density at radius 1 is 1.21 bits per heavy atom. The summed E-state index contributed by atoms with van der Waals surface area (Å²) in [6.45, 7) is 5.01. The number of carbonyl (C=O) groups excluding carboxylic acids is 1. The molecule has 0 aromatic heterocycles. The van der Waals surface area contributed by atoms with Crippen molar-refractivity contribution < 1.29 is 4.79 Å². The molecule has 0 aromatic carbocycles. The average molecular weight is 198 g/mol. The zero-order valence-corrected chi connectivity index (χ0v) is 8.65. The van der Waals surface area contributed by atoms with Crippen molar-refractivity contribution in [2.45, 2.75) is 0 Å². The Morgan fingerprint density at radius 3 is 2.29 bits per heavy atom. The van der Waals surface area contributed by atoms with Gasteiger partial charge in [0.15, 0.2) is 0 Å². The maximum absolute atomic E-state index is 11.9. The monoisotopic (exact) mass is 198 g/mol. The SMILES string of the molecule is CN1CC(C(=O)N2CCN(N)CC2)C1. The second kappa shape index (κ2) is 3.84. The Balaban J connectivity index is 1.81. The summed E-state index contributed by atoms with van der Waals surface area (Å²) in [5.74, 6) is 6.18. The molecule has 0 aromatic rings. The van der Waals surface area contributed by atoms with Crippen LogP contribution >= 0.6 is 0 Å². The molecule has 0 bridgehead atoms. The molecule has 0 radical (unpaired) electrons. The van der Waals surface area contributed by atoms with E-state index < -0.39 is 0 Å². The lowest BCUT2D eigenvalue weighted by atomic mass is 9.99. The number of hydrogen-bond acceptors (Lipinski definition) is 4. The first-order valence-corrected chi connectivity index (χ1v) is 5.14. The van der Waals surface area contributed by atoms with E-state index in [2.05, 4.69) is 4.90 Å². The third kappa shape index (κ3) is 1.89. The van der Waals surface area contributed by atoms with Gasteiger partial charge in [0.2, 0.25) is 5.91 Å². The molecule has 0 aliphatic carbocycles. The number of piperazine rings is 1. The first-order chi connectivity index (χ1) is 6.66. The van der Waals surface area contributed by atoms with E-state index in [0.717, 1.165) is 39.3 Å². The fourth-order valence-electron chi connectivity index (χ4n) is 2.06. The van der Waals surface area contributed by atoms with Gasteiger partial charge >= 0.3 is 0 Å². The Kier molecular flexibility index (Phi) is 2.71. The van der Waals surface area contributed by atoms with Gasteiger partial charge in [0.25, 0.3) is 0 Å². The summed E-state index contributed by atoms with van der Waals surface area (Å²) in [5.41, 5.74) is 0. The highest BCUT2D eigenvalue weighted by Gasteiger charge is 2.33. The third-order valence-electron chi connectivity index (χ3n) is 3.04. The number of amides is 1. The van der Waals surface area contributed by atoms with Crippen LogP contribution in [0.25, 0.3) is 0 Å². The zero-order valence-electron chi connectivity index (χ0n) is 8.65. The summed E-state index contributed by atoms with van der Waals surface area (Å²) < 4.78 is 0. The van der Waals surface area contributed by atoms with Crippen LogP contribution in [0.5, 0.6) is 0 Å². The van der Waals surface area contributed by atoms with Gasteiger partial charge in [-0.3, -0.25) is 10.6 Å². The molecule has 5 nitrogen and oxygen atoms in total. The summed E-state index contributed by atoms with van der Waals surface area (Å²) in [6, 6.07) is 0.